The van der Waals surface area contributed by atoms with Gasteiger partial charge in [0, 0.05) is 37.7 Å². The predicted molar refractivity (Wildman–Crippen MR) is 73.6 cm³/mol. The number of nitrogens with one attached hydrogen (secondary N) is 1. The Bertz CT molecular complexity index is 313. The summed E-state index contributed by atoms with van der Waals surface area (Å²) in [7, 11) is 6.30. The van der Waals surface area contributed by atoms with Gasteiger partial charge in [-0.25, -0.2) is 0 Å². The number of nitrogens with zero attached hydrogens (tertiary/aromatic N) is 4. The Hall–Kier alpha value is -0.720. The van der Waals surface area contributed by atoms with Crippen molar-refractivity contribution in [3.63, 3.8) is 0 Å². The molecule has 0 spiro atoms. The molecule has 0 aromatic carbocycles. The smallest absolute Gasteiger partial charge is 0.134 e. The van der Waals surface area contributed by atoms with Gasteiger partial charge in [-0.05, 0) is 27.6 Å². The summed E-state index contributed by atoms with van der Waals surface area (Å²) >= 11 is 1.45. The quantitative estimate of drug-likeness (QED) is 0.761. The lowest BCUT2D eigenvalue weighted by atomic mass is 10.4. The van der Waals surface area contributed by atoms with Gasteiger partial charge in [0.2, 0.25) is 0 Å². The van der Waals surface area contributed by atoms with E-state index in [2.05, 4.69) is 52.8 Å². The molecule has 5 nitrogen and oxygen atoms in total. The van der Waals surface area contributed by atoms with Crippen molar-refractivity contribution in [2.75, 3.05) is 46.1 Å². The Kier molecular flexibility index (Phi) is 6.39. The van der Waals surface area contributed by atoms with Crippen molar-refractivity contribution in [1.29, 1.82) is 0 Å². The van der Waals surface area contributed by atoms with E-state index in [0.717, 1.165) is 43.3 Å². The van der Waals surface area contributed by atoms with Crippen LogP contribution in [0.2, 0.25) is 0 Å². The molecule has 6 heteroatoms. The lowest BCUT2D eigenvalue weighted by molar-refractivity contribution is 0.274. The molecule has 1 heterocycles. The maximum absolute atomic E-state index is 4.19. The van der Waals surface area contributed by atoms with Crippen LogP contribution in [0.4, 0.5) is 5.00 Å². The van der Waals surface area contributed by atoms with Crippen LogP contribution < -0.4 is 5.32 Å². The lowest BCUT2D eigenvalue weighted by Crippen LogP contribution is -2.28. The maximum atomic E-state index is 4.19. The fourth-order valence-electron chi connectivity index (χ4n) is 1.39. The first-order valence-corrected chi connectivity index (χ1v) is 6.79. The first-order valence-electron chi connectivity index (χ1n) is 6.01. The molecule has 0 unspecified atom stereocenters. The molecular weight excluding hydrogens is 234 g/mol. The van der Waals surface area contributed by atoms with Crippen LogP contribution in [0.15, 0.2) is 0 Å². The zero-order valence-corrected chi connectivity index (χ0v) is 12.0. The summed E-state index contributed by atoms with van der Waals surface area (Å²) < 4.78 is 4.02. The van der Waals surface area contributed by atoms with Crippen molar-refractivity contribution in [2.24, 2.45) is 0 Å². The highest BCUT2D eigenvalue weighted by atomic mass is 32.1. The molecule has 0 amide bonds. The molecule has 98 valence electrons. The standard InChI is InChI=1S/C11H23N5S/c1-5-6-12-11-10(13-14-17-11)9-16(4)8-7-15(2)3/h12H,5-9H2,1-4H3. The van der Waals surface area contributed by atoms with Crippen LogP contribution in [0.5, 0.6) is 0 Å². The summed E-state index contributed by atoms with van der Waals surface area (Å²) in [6.45, 7) is 6.10. The average Bonchev–Trinajstić information content (AvgIpc) is 2.71. The van der Waals surface area contributed by atoms with Gasteiger partial charge >= 0.3 is 0 Å². The Labute approximate surface area is 108 Å². The first kappa shape index (κ1) is 14.3. The van der Waals surface area contributed by atoms with Crippen LogP contribution in [0.1, 0.15) is 19.0 Å². The van der Waals surface area contributed by atoms with Gasteiger partial charge in [-0.1, -0.05) is 11.4 Å². The third kappa shape index (κ3) is 5.43. The number of rotatable bonds is 8. The number of hydrogen-bond acceptors (Lipinski definition) is 6. The van der Waals surface area contributed by atoms with E-state index >= 15 is 0 Å². The molecule has 0 radical (unpaired) electrons. The van der Waals surface area contributed by atoms with E-state index in [9.17, 15) is 0 Å². The number of aromatic nitrogens is 2. The number of likely N-dealkylation sites (N-methyl/N-ethyl adjacent to an activating group) is 2. The molecule has 0 aliphatic heterocycles. The molecule has 0 aliphatic carbocycles. The van der Waals surface area contributed by atoms with E-state index in [-0.39, 0.29) is 0 Å². The van der Waals surface area contributed by atoms with Gasteiger partial charge in [0.25, 0.3) is 0 Å². The van der Waals surface area contributed by atoms with Gasteiger partial charge in [-0.15, -0.1) is 5.10 Å². The number of anilines is 1. The second kappa shape index (κ2) is 7.58. The zero-order valence-electron chi connectivity index (χ0n) is 11.2. The topological polar surface area (TPSA) is 44.3 Å². The molecule has 0 saturated carbocycles. The van der Waals surface area contributed by atoms with Crippen LogP contribution in [0, 0.1) is 0 Å². The van der Waals surface area contributed by atoms with Crippen molar-refractivity contribution in [2.45, 2.75) is 19.9 Å². The van der Waals surface area contributed by atoms with Gasteiger partial charge in [0.1, 0.15) is 10.7 Å². The summed E-state index contributed by atoms with van der Waals surface area (Å²) in [6, 6.07) is 0. The Morgan fingerprint density at radius 3 is 2.65 bits per heavy atom. The summed E-state index contributed by atoms with van der Waals surface area (Å²) in [5.41, 5.74) is 1.06. The molecule has 1 rings (SSSR count). The van der Waals surface area contributed by atoms with Gasteiger partial charge in [-0.2, -0.15) is 0 Å². The SMILES string of the molecule is CCCNc1snnc1CN(C)CCN(C)C. The zero-order chi connectivity index (χ0) is 12.7. The van der Waals surface area contributed by atoms with Gasteiger partial charge in [0.05, 0.1) is 0 Å². The summed E-state index contributed by atoms with van der Waals surface area (Å²) in [5.74, 6) is 0. The van der Waals surface area contributed by atoms with Crippen LogP contribution >= 0.6 is 11.5 Å². The van der Waals surface area contributed by atoms with Gasteiger partial charge < -0.3 is 10.2 Å². The molecular formula is C11H23N5S. The normalized spacial score (nSPS) is 11.4. The highest BCUT2D eigenvalue weighted by molar-refractivity contribution is 7.10. The highest BCUT2D eigenvalue weighted by Gasteiger charge is 2.09. The molecule has 1 aromatic rings. The van der Waals surface area contributed by atoms with E-state index in [1.54, 1.807) is 0 Å². The first-order chi connectivity index (χ1) is 8.13. The largest absolute Gasteiger partial charge is 0.374 e. The monoisotopic (exact) mass is 257 g/mol. The van der Waals surface area contributed by atoms with Crippen LogP contribution in [-0.2, 0) is 6.54 Å². The van der Waals surface area contributed by atoms with E-state index in [0.29, 0.717) is 0 Å². The van der Waals surface area contributed by atoms with Crippen LogP contribution in [-0.4, -0.2) is 60.2 Å². The van der Waals surface area contributed by atoms with Crippen molar-refractivity contribution in [1.82, 2.24) is 19.4 Å². The highest BCUT2D eigenvalue weighted by Crippen LogP contribution is 2.18. The average molecular weight is 257 g/mol. The Balaban J connectivity index is 2.41. The third-order valence-electron chi connectivity index (χ3n) is 2.44. The summed E-state index contributed by atoms with van der Waals surface area (Å²) in [5, 5.41) is 8.67. The summed E-state index contributed by atoms with van der Waals surface area (Å²) in [6.07, 6.45) is 1.12. The molecule has 17 heavy (non-hydrogen) atoms. The second-order valence-corrected chi connectivity index (χ2v) is 5.27. The van der Waals surface area contributed by atoms with E-state index in [1.807, 2.05) is 0 Å². The Morgan fingerprint density at radius 1 is 1.24 bits per heavy atom. The van der Waals surface area contributed by atoms with Crippen molar-refractivity contribution in [3.05, 3.63) is 5.69 Å². The molecule has 0 saturated heterocycles. The van der Waals surface area contributed by atoms with Crippen molar-refractivity contribution in [3.8, 4) is 0 Å². The summed E-state index contributed by atoms with van der Waals surface area (Å²) in [4.78, 5) is 4.46. The molecule has 1 aromatic heterocycles. The van der Waals surface area contributed by atoms with Crippen LogP contribution in [0.25, 0.3) is 0 Å². The van der Waals surface area contributed by atoms with Crippen molar-refractivity contribution < 1.29 is 0 Å². The second-order valence-electron chi connectivity index (χ2n) is 4.52. The fraction of sp³-hybridized carbons (Fsp3) is 0.818. The van der Waals surface area contributed by atoms with Crippen LogP contribution in [0.3, 0.4) is 0 Å². The molecule has 0 fully saturated rings. The van der Waals surface area contributed by atoms with Gasteiger partial charge in [0.15, 0.2) is 0 Å². The Morgan fingerprint density at radius 2 is 2.00 bits per heavy atom. The fourth-order valence-corrected chi connectivity index (χ4v) is 1.99. The minimum absolute atomic E-state index is 0.858. The minimum atomic E-state index is 0.858. The minimum Gasteiger partial charge on any atom is -0.374 e. The predicted octanol–water partition coefficient (Wildman–Crippen LogP) is 1.35. The lowest BCUT2D eigenvalue weighted by Gasteiger charge is -2.18. The third-order valence-corrected chi connectivity index (χ3v) is 3.17. The number of hydrogen-bond donors (Lipinski definition) is 1. The van der Waals surface area contributed by atoms with E-state index < -0.39 is 0 Å². The van der Waals surface area contributed by atoms with Crippen molar-refractivity contribution >= 4 is 16.5 Å². The van der Waals surface area contributed by atoms with E-state index in [4.69, 9.17) is 0 Å². The van der Waals surface area contributed by atoms with E-state index in [1.165, 1.54) is 11.5 Å². The van der Waals surface area contributed by atoms with Gasteiger partial charge in [-0.3, -0.25) is 4.90 Å². The molecule has 1 N–H and O–H groups in total. The molecule has 0 aliphatic rings. The molecule has 0 atom stereocenters. The molecule has 0 bridgehead atoms. The maximum Gasteiger partial charge on any atom is 0.134 e.